The van der Waals surface area contributed by atoms with E-state index < -0.39 is 0 Å². The van der Waals surface area contributed by atoms with Gasteiger partial charge in [-0.3, -0.25) is 9.59 Å². The van der Waals surface area contributed by atoms with E-state index in [9.17, 15) is 9.59 Å². The molecule has 4 aromatic rings. The van der Waals surface area contributed by atoms with Crippen LogP contribution >= 0.6 is 0 Å². The number of amides is 2. The van der Waals surface area contributed by atoms with E-state index in [0.29, 0.717) is 30.8 Å². The molecule has 0 spiro atoms. The summed E-state index contributed by atoms with van der Waals surface area (Å²) in [5.74, 6) is 1.22. The number of nitrogens with zero attached hydrogens (tertiary/aromatic N) is 2. The van der Waals surface area contributed by atoms with Crippen LogP contribution in [0.1, 0.15) is 28.7 Å². The molecule has 0 bridgehead atoms. The second-order valence-electron chi connectivity index (χ2n) is 7.98. The van der Waals surface area contributed by atoms with Gasteiger partial charge in [0.25, 0.3) is 5.91 Å². The second-order valence-corrected chi connectivity index (χ2v) is 7.98. The first-order chi connectivity index (χ1) is 16.5. The van der Waals surface area contributed by atoms with Crippen LogP contribution in [0.2, 0.25) is 0 Å². The van der Waals surface area contributed by atoms with Gasteiger partial charge in [-0.1, -0.05) is 29.8 Å². The highest BCUT2D eigenvalue weighted by atomic mass is 16.5. The number of hydrogen-bond donors (Lipinski definition) is 2. The van der Waals surface area contributed by atoms with Crippen molar-refractivity contribution in [2.24, 2.45) is 0 Å². The SMILES string of the molecule is CCOc1ccc(NC(=O)Cn2c(CCNC(=O)c3ccc(C)cc3)nc3ccccc32)cc1. The van der Waals surface area contributed by atoms with E-state index in [1.807, 2.05) is 91.2 Å². The molecule has 174 valence electrons. The minimum absolute atomic E-state index is 0.120. The molecular formula is C27H28N4O3. The Bertz CT molecular complexity index is 1280. The first kappa shape index (κ1) is 23.0. The average molecular weight is 457 g/mol. The Balaban J connectivity index is 1.43. The fourth-order valence-electron chi connectivity index (χ4n) is 3.73. The summed E-state index contributed by atoms with van der Waals surface area (Å²) >= 11 is 0. The fraction of sp³-hybridized carbons (Fsp3) is 0.222. The number of imidazole rings is 1. The van der Waals surface area contributed by atoms with Crippen LogP contribution in [0.25, 0.3) is 11.0 Å². The fourth-order valence-corrected chi connectivity index (χ4v) is 3.73. The lowest BCUT2D eigenvalue weighted by Crippen LogP contribution is -2.27. The summed E-state index contributed by atoms with van der Waals surface area (Å²) in [4.78, 5) is 30.0. The number of rotatable bonds is 9. The summed E-state index contributed by atoms with van der Waals surface area (Å²) < 4.78 is 7.35. The molecule has 4 rings (SSSR count). The molecule has 3 aromatic carbocycles. The Morgan fingerprint density at radius 3 is 2.44 bits per heavy atom. The van der Waals surface area contributed by atoms with Gasteiger partial charge < -0.3 is 19.9 Å². The number of hydrogen-bond acceptors (Lipinski definition) is 4. The zero-order valence-corrected chi connectivity index (χ0v) is 19.4. The van der Waals surface area contributed by atoms with Gasteiger partial charge in [0, 0.05) is 24.2 Å². The largest absolute Gasteiger partial charge is 0.494 e. The minimum atomic E-state index is -0.155. The van der Waals surface area contributed by atoms with Gasteiger partial charge >= 0.3 is 0 Å². The summed E-state index contributed by atoms with van der Waals surface area (Å²) in [6, 6.07) is 22.4. The third-order valence-corrected chi connectivity index (χ3v) is 5.43. The molecule has 2 amide bonds. The standard InChI is InChI=1S/C27H28N4O3/c1-3-34-22-14-12-21(13-15-22)29-26(32)18-31-24-7-5-4-6-23(24)30-25(31)16-17-28-27(33)20-10-8-19(2)9-11-20/h4-15H,3,16-18H2,1-2H3,(H,28,33)(H,29,32). The predicted octanol–water partition coefficient (Wildman–Crippen LogP) is 4.35. The van der Waals surface area contributed by atoms with Gasteiger partial charge in [0.15, 0.2) is 0 Å². The van der Waals surface area contributed by atoms with E-state index in [1.165, 1.54) is 0 Å². The molecule has 34 heavy (non-hydrogen) atoms. The van der Waals surface area contributed by atoms with E-state index >= 15 is 0 Å². The number of carbonyl (C=O) groups is 2. The van der Waals surface area contributed by atoms with Crippen LogP contribution < -0.4 is 15.4 Å². The second kappa shape index (κ2) is 10.7. The minimum Gasteiger partial charge on any atom is -0.494 e. The molecule has 0 aliphatic heterocycles. The maximum Gasteiger partial charge on any atom is 0.251 e. The van der Waals surface area contributed by atoms with Crippen LogP contribution in [0.4, 0.5) is 5.69 Å². The van der Waals surface area contributed by atoms with Gasteiger partial charge in [0.05, 0.1) is 17.6 Å². The zero-order chi connectivity index (χ0) is 23.9. The van der Waals surface area contributed by atoms with Crippen molar-refractivity contribution in [3.63, 3.8) is 0 Å². The lowest BCUT2D eigenvalue weighted by Gasteiger charge is -2.11. The molecule has 0 saturated heterocycles. The van der Waals surface area contributed by atoms with Gasteiger partial charge in [-0.15, -0.1) is 0 Å². The van der Waals surface area contributed by atoms with Crippen molar-refractivity contribution in [1.29, 1.82) is 0 Å². The van der Waals surface area contributed by atoms with E-state index in [4.69, 9.17) is 9.72 Å². The van der Waals surface area contributed by atoms with Crippen LogP contribution in [-0.4, -0.2) is 34.5 Å². The van der Waals surface area contributed by atoms with Crippen molar-refractivity contribution in [2.45, 2.75) is 26.8 Å². The van der Waals surface area contributed by atoms with Crippen molar-refractivity contribution in [1.82, 2.24) is 14.9 Å². The number of aromatic nitrogens is 2. The quantitative estimate of drug-likeness (QED) is 0.392. The molecule has 0 unspecified atom stereocenters. The van der Waals surface area contributed by atoms with Crippen LogP contribution in [0.5, 0.6) is 5.75 Å². The van der Waals surface area contributed by atoms with Crippen LogP contribution in [0.15, 0.2) is 72.8 Å². The third kappa shape index (κ3) is 5.61. The van der Waals surface area contributed by atoms with Crippen molar-refractivity contribution >= 4 is 28.5 Å². The average Bonchev–Trinajstić information content (AvgIpc) is 3.18. The van der Waals surface area contributed by atoms with Crippen molar-refractivity contribution in [3.8, 4) is 5.75 Å². The molecule has 0 fully saturated rings. The molecule has 0 saturated carbocycles. The number of fused-ring (bicyclic) bond motifs is 1. The molecule has 2 N–H and O–H groups in total. The molecule has 7 heteroatoms. The summed E-state index contributed by atoms with van der Waals surface area (Å²) in [5.41, 5.74) is 4.12. The number of benzene rings is 3. The molecule has 0 aliphatic carbocycles. The van der Waals surface area contributed by atoms with Crippen molar-refractivity contribution < 1.29 is 14.3 Å². The van der Waals surface area contributed by atoms with Crippen molar-refractivity contribution in [2.75, 3.05) is 18.5 Å². The highest BCUT2D eigenvalue weighted by Gasteiger charge is 2.14. The van der Waals surface area contributed by atoms with Crippen LogP contribution in [0, 0.1) is 6.92 Å². The monoisotopic (exact) mass is 456 g/mol. The van der Waals surface area contributed by atoms with Crippen LogP contribution in [0.3, 0.4) is 0 Å². The number of nitrogens with one attached hydrogen (secondary N) is 2. The number of aryl methyl sites for hydroxylation is 1. The summed E-state index contributed by atoms with van der Waals surface area (Å²) in [6.45, 7) is 5.04. The Morgan fingerprint density at radius 1 is 0.971 bits per heavy atom. The molecular weight excluding hydrogens is 428 g/mol. The van der Waals surface area contributed by atoms with E-state index in [2.05, 4.69) is 10.6 Å². The topological polar surface area (TPSA) is 85.2 Å². The number of para-hydroxylation sites is 2. The lowest BCUT2D eigenvalue weighted by molar-refractivity contribution is -0.116. The van der Waals surface area contributed by atoms with Gasteiger partial charge in [0.2, 0.25) is 5.91 Å². The number of ether oxygens (including phenoxy) is 1. The van der Waals surface area contributed by atoms with E-state index in [0.717, 1.165) is 28.2 Å². The molecule has 1 aromatic heterocycles. The van der Waals surface area contributed by atoms with Gasteiger partial charge in [-0.2, -0.15) is 0 Å². The molecule has 7 nitrogen and oxygen atoms in total. The molecule has 0 radical (unpaired) electrons. The Labute approximate surface area is 198 Å². The molecule has 0 aliphatic rings. The number of carbonyl (C=O) groups excluding carboxylic acids is 2. The van der Waals surface area contributed by atoms with Gasteiger partial charge in [-0.25, -0.2) is 4.98 Å². The smallest absolute Gasteiger partial charge is 0.251 e. The predicted molar refractivity (Wildman–Crippen MR) is 133 cm³/mol. The Morgan fingerprint density at radius 2 is 1.71 bits per heavy atom. The Hall–Kier alpha value is -4.13. The first-order valence-electron chi connectivity index (χ1n) is 11.3. The maximum atomic E-state index is 12.8. The highest BCUT2D eigenvalue weighted by molar-refractivity contribution is 5.94. The summed E-state index contributed by atoms with van der Waals surface area (Å²) in [5, 5.41) is 5.87. The summed E-state index contributed by atoms with van der Waals surface area (Å²) in [6.07, 6.45) is 0.503. The zero-order valence-electron chi connectivity index (χ0n) is 19.4. The normalized spacial score (nSPS) is 10.8. The summed E-state index contributed by atoms with van der Waals surface area (Å²) in [7, 11) is 0. The lowest BCUT2D eigenvalue weighted by atomic mass is 10.1. The highest BCUT2D eigenvalue weighted by Crippen LogP contribution is 2.18. The van der Waals surface area contributed by atoms with E-state index in [-0.39, 0.29) is 18.4 Å². The molecule has 1 heterocycles. The van der Waals surface area contributed by atoms with Gasteiger partial charge in [-0.05, 0) is 62.4 Å². The van der Waals surface area contributed by atoms with Gasteiger partial charge in [0.1, 0.15) is 18.1 Å². The third-order valence-electron chi connectivity index (χ3n) is 5.43. The Kier molecular flexibility index (Phi) is 7.22. The van der Waals surface area contributed by atoms with Crippen LogP contribution in [-0.2, 0) is 17.8 Å². The molecule has 0 atom stereocenters. The first-order valence-corrected chi connectivity index (χ1v) is 11.3. The maximum absolute atomic E-state index is 12.8. The van der Waals surface area contributed by atoms with E-state index in [1.54, 1.807) is 0 Å². The van der Waals surface area contributed by atoms with Crippen molar-refractivity contribution in [3.05, 3.63) is 89.7 Å². The number of anilines is 1.